The van der Waals surface area contributed by atoms with Gasteiger partial charge in [-0.3, -0.25) is 4.79 Å². The van der Waals surface area contributed by atoms with E-state index < -0.39 is 15.1 Å². The molecule has 2 heterocycles. The Morgan fingerprint density at radius 3 is 2.52 bits per heavy atom. The maximum absolute atomic E-state index is 12.7. The van der Waals surface area contributed by atoms with E-state index in [1.165, 1.54) is 12.4 Å². The quantitative estimate of drug-likeness (QED) is 0.690. The van der Waals surface area contributed by atoms with Crippen LogP contribution in [-0.4, -0.2) is 53.6 Å². The summed E-state index contributed by atoms with van der Waals surface area (Å²) in [6.07, 6.45) is 4.63. The van der Waals surface area contributed by atoms with Crippen LogP contribution in [0.2, 0.25) is 5.02 Å². The maximum Gasteiger partial charge on any atom is 0.316 e. The van der Waals surface area contributed by atoms with Crippen LogP contribution in [0.4, 0.5) is 0 Å². The smallest absolute Gasteiger partial charge is 0.316 e. The molecule has 0 aliphatic carbocycles. The Balaban J connectivity index is 1.59. The highest BCUT2D eigenvalue weighted by molar-refractivity contribution is 7.92. The number of likely N-dealkylation sites (tertiary alicyclic amines) is 1. The molecular formula is C20H24ClN3O4S. The van der Waals surface area contributed by atoms with Crippen LogP contribution in [0.15, 0.2) is 41.6 Å². The molecule has 9 heteroatoms. The Kier molecular flexibility index (Phi) is 6.74. The second-order valence-electron chi connectivity index (χ2n) is 7.32. The first kappa shape index (κ1) is 21.5. The summed E-state index contributed by atoms with van der Waals surface area (Å²) >= 11 is 5.78. The molecule has 1 aromatic heterocycles. The van der Waals surface area contributed by atoms with Crippen molar-refractivity contribution in [3.63, 3.8) is 0 Å². The number of aromatic nitrogens is 2. The van der Waals surface area contributed by atoms with E-state index in [1.54, 1.807) is 43.0 Å². The Morgan fingerprint density at radius 1 is 1.24 bits per heavy atom. The van der Waals surface area contributed by atoms with Crippen molar-refractivity contribution in [3.8, 4) is 6.01 Å². The number of benzene rings is 1. The minimum atomic E-state index is -3.31. The van der Waals surface area contributed by atoms with Crippen LogP contribution in [0.3, 0.4) is 0 Å². The predicted octanol–water partition coefficient (Wildman–Crippen LogP) is 2.92. The number of rotatable bonds is 6. The van der Waals surface area contributed by atoms with Crippen LogP contribution in [0, 0.1) is 0 Å². The molecule has 156 valence electrons. The van der Waals surface area contributed by atoms with E-state index in [0.717, 1.165) is 18.4 Å². The third kappa shape index (κ3) is 5.45. The van der Waals surface area contributed by atoms with E-state index in [-0.39, 0.29) is 29.3 Å². The van der Waals surface area contributed by atoms with Gasteiger partial charge in [0, 0.05) is 6.54 Å². The number of amides is 1. The lowest BCUT2D eigenvalue weighted by Crippen LogP contribution is -2.45. The molecular weight excluding hydrogens is 414 g/mol. The molecule has 3 rings (SSSR count). The minimum absolute atomic E-state index is 0.0187. The number of hydrogen-bond acceptors (Lipinski definition) is 6. The molecule has 0 spiro atoms. The van der Waals surface area contributed by atoms with Gasteiger partial charge in [0.05, 0.1) is 40.5 Å². The number of carbonyl (C=O) groups is 1. The molecule has 0 radical (unpaired) electrons. The van der Waals surface area contributed by atoms with Crippen LogP contribution in [0.5, 0.6) is 6.01 Å². The van der Waals surface area contributed by atoms with E-state index in [0.29, 0.717) is 18.1 Å². The zero-order valence-electron chi connectivity index (χ0n) is 16.4. The Labute approximate surface area is 176 Å². The molecule has 1 atom stereocenters. The van der Waals surface area contributed by atoms with Gasteiger partial charge < -0.3 is 9.64 Å². The summed E-state index contributed by atoms with van der Waals surface area (Å²) in [5.74, 6) is -0.0187. The van der Waals surface area contributed by atoms with Crippen molar-refractivity contribution in [3.05, 3.63) is 47.2 Å². The van der Waals surface area contributed by atoms with Crippen LogP contribution < -0.4 is 4.74 Å². The number of ether oxygens (including phenoxy) is 1. The normalized spacial score (nSPS) is 17.4. The SMILES string of the molecule is CC(C)S(=O)(=O)c1ccc(CC(=O)N2CCCC(Oc3ncc(Cl)cn3)C2)cc1. The Bertz CT molecular complexity index is 947. The van der Waals surface area contributed by atoms with Crippen molar-refractivity contribution in [1.29, 1.82) is 0 Å². The summed E-state index contributed by atoms with van der Waals surface area (Å²) in [6, 6.07) is 6.78. The molecule has 0 bridgehead atoms. The van der Waals surface area contributed by atoms with Gasteiger partial charge in [-0.05, 0) is 44.4 Å². The second-order valence-corrected chi connectivity index (χ2v) is 10.3. The van der Waals surface area contributed by atoms with Crippen molar-refractivity contribution >= 4 is 27.3 Å². The maximum atomic E-state index is 12.7. The number of carbonyl (C=O) groups excluding carboxylic acids is 1. The fourth-order valence-electron chi connectivity index (χ4n) is 3.13. The molecule has 1 aliphatic rings. The van der Waals surface area contributed by atoms with Crippen LogP contribution >= 0.6 is 11.6 Å². The van der Waals surface area contributed by atoms with E-state index >= 15 is 0 Å². The van der Waals surface area contributed by atoms with E-state index in [9.17, 15) is 13.2 Å². The van der Waals surface area contributed by atoms with Crippen LogP contribution in [0.25, 0.3) is 0 Å². The van der Waals surface area contributed by atoms with Gasteiger partial charge in [0.25, 0.3) is 0 Å². The van der Waals surface area contributed by atoms with Gasteiger partial charge in [0.2, 0.25) is 5.91 Å². The predicted molar refractivity (Wildman–Crippen MR) is 110 cm³/mol. The lowest BCUT2D eigenvalue weighted by molar-refractivity contribution is -0.133. The largest absolute Gasteiger partial charge is 0.458 e. The third-order valence-corrected chi connectivity index (χ3v) is 7.19. The summed E-state index contributed by atoms with van der Waals surface area (Å²) < 4.78 is 30.2. The summed E-state index contributed by atoms with van der Waals surface area (Å²) in [7, 11) is -3.31. The fourth-order valence-corrected chi connectivity index (χ4v) is 4.28. The molecule has 1 aliphatic heterocycles. The lowest BCUT2D eigenvalue weighted by atomic mass is 10.1. The highest BCUT2D eigenvalue weighted by Crippen LogP contribution is 2.19. The lowest BCUT2D eigenvalue weighted by Gasteiger charge is -2.32. The number of nitrogens with zero attached hydrogens (tertiary/aromatic N) is 3. The van der Waals surface area contributed by atoms with E-state index in [1.807, 2.05) is 0 Å². The summed E-state index contributed by atoms with van der Waals surface area (Å²) in [6.45, 7) is 4.43. The molecule has 29 heavy (non-hydrogen) atoms. The summed E-state index contributed by atoms with van der Waals surface area (Å²) in [5.41, 5.74) is 0.779. The minimum Gasteiger partial charge on any atom is -0.458 e. The molecule has 1 saturated heterocycles. The molecule has 1 unspecified atom stereocenters. The van der Waals surface area contributed by atoms with Gasteiger partial charge in [0.1, 0.15) is 6.10 Å². The highest BCUT2D eigenvalue weighted by Gasteiger charge is 2.26. The van der Waals surface area contributed by atoms with Gasteiger partial charge in [-0.2, -0.15) is 0 Å². The van der Waals surface area contributed by atoms with Crippen molar-refractivity contribution in [2.45, 2.75) is 49.4 Å². The van der Waals surface area contributed by atoms with E-state index in [2.05, 4.69) is 9.97 Å². The molecule has 0 N–H and O–H groups in total. The first-order valence-corrected chi connectivity index (χ1v) is 11.4. The van der Waals surface area contributed by atoms with Crippen molar-refractivity contribution in [1.82, 2.24) is 14.9 Å². The van der Waals surface area contributed by atoms with Crippen molar-refractivity contribution < 1.29 is 17.9 Å². The van der Waals surface area contributed by atoms with Crippen LogP contribution in [-0.2, 0) is 21.1 Å². The summed E-state index contributed by atoms with van der Waals surface area (Å²) in [4.78, 5) is 22.8. The van der Waals surface area contributed by atoms with E-state index in [4.69, 9.17) is 16.3 Å². The Hall–Kier alpha value is -2.19. The number of halogens is 1. The summed E-state index contributed by atoms with van der Waals surface area (Å²) in [5, 5.41) is -0.0464. The van der Waals surface area contributed by atoms with Crippen molar-refractivity contribution in [2.75, 3.05) is 13.1 Å². The average molecular weight is 438 g/mol. The first-order valence-electron chi connectivity index (χ1n) is 9.50. The number of sulfone groups is 1. The second kappa shape index (κ2) is 9.09. The zero-order valence-corrected chi connectivity index (χ0v) is 18.0. The zero-order chi connectivity index (χ0) is 21.0. The van der Waals surface area contributed by atoms with Gasteiger partial charge >= 0.3 is 6.01 Å². The molecule has 1 amide bonds. The average Bonchev–Trinajstić information content (AvgIpc) is 2.70. The number of piperidine rings is 1. The molecule has 2 aromatic rings. The third-order valence-electron chi connectivity index (χ3n) is 4.83. The van der Waals surface area contributed by atoms with Gasteiger partial charge in [0.15, 0.2) is 9.84 Å². The standard InChI is InChI=1S/C20H24ClN3O4S/c1-14(2)29(26,27)18-7-5-15(6-8-18)10-19(25)24-9-3-4-17(13-24)28-20-22-11-16(21)12-23-20/h5-8,11-12,14,17H,3-4,9-10,13H2,1-2H3. The van der Waals surface area contributed by atoms with Crippen LogP contribution in [0.1, 0.15) is 32.3 Å². The molecule has 1 fully saturated rings. The fraction of sp³-hybridized carbons (Fsp3) is 0.450. The monoisotopic (exact) mass is 437 g/mol. The Morgan fingerprint density at radius 2 is 1.90 bits per heavy atom. The topological polar surface area (TPSA) is 89.5 Å². The molecule has 7 nitrogen and oxygen atoms in total. The first-order chi connectivity index (χ1) is 13.8. The van der Waals surface area contributed by atoms with Gasteiger partial charge in [-0.25, -0.2) is 18.4 Å². The molecule has 0 saturated carbocycles. The van der Waals surface area contributed by atoms with Gasteiger partial charge in [-0.15, -0.1) is 0 Å². The van der Waals surface area contributed by atoms with Gasteiger partial charge in [-0.1, -0.05) is 23.7 Å². The molecule has 1 aromatic carbocycles. The number of hydrogen-bond donors (Lipinski definition) is 0. The highest BCUT2D eigenvalue weighted by atomic mass is 35.5. The van der Waals surface area contributed by atoms with Crippen molar-refractivity contribution in [2.24, 2.45) is 0 Å².